The van der Waals surface area contributed by atoms with Crippen molar-refractivity contribution in [1.29, 1.82) is 0 Å². The van der Waals surface area contributed by atoms with Crippen molar-refractivity contribution in [2.24, 2.45) is 0 Å². The van der Waals surface area contributed by atoms with Crippen LogP contribution in [0.15, 0.2) is 54.7 Å². The number of rotatable bonds is 6. The Morgan fingerprint density at radius 2 is 1.93 bits per heavy atom. The summed E-state index contributed by atoms with van der Waals surface area (Å²) in [6, 6.07) is 16.0. The zero-order valence-electron chi connectivity index (χ0n) is 16.0. The van der Waals surface area contributed by atoms with E-state index >= 15 is 0 Å². The standard InChI is InChI=1S/C22H25N3O3/c1-27-17-8-6-16(7-9-17)21(25-10-12-28-13-11-25)15-24-22(26)19-14-23-20-5-3-2-4-18(19)20/h2-9,14,21,23H,10-13,15H2,1H3,(H,24,26)/t21-/m0/s1. The van der Waals surface area contributed by atoms with E-state index < -0.39 is 0 Å². The van der Waals surface area contributed by atoms with Gasteiger partial charge in [0.25, 0.3) is 5.91 Å². The third-order valence-corrected chi connectivity index (χ3v) is 5.28. The summed E-state index contributed by atoms with van der Waals surface area (Å²) in [6.45, 7) is 3.65. The molecule has 1 aliphatic heterocycles. The molecule has 3 aromatic rings. The minimum atomic E-state index is -0.0655. The van der Waals surface area contributed by atoms with E-state index in [1.807, 2.05) is 36.4 Å². The number of nitrogens with one attached hydrogen (secondary N) is 2. The third kappa shape index (κ3) is 3.88. The molecule has 1 aromatic heterocycles. The smallest absolute Gasteiger partial charge is 0.253 e. The molecule has 146 valence electrons. The number of aromatic amines is 1. The lowest BCUT2D eigenvalue weighted by Gasteiger charge is -2.35. The molecule has 2 N–H and O–H groups in total. The maximum absolute atomic E-state index is 12.8. The number of amides is 1. The van der Waals surface area contributed by atoms with Gasteiger partial charge in [0, 0.05) is 36.7 Å². The highest BCUT2D eigenvalue weighted by Gasteiger charge is 2.24. The number of fused-ring (bicyclic) bond motifs is 1. The lowest BCUT2D eigenvalue weighted by Crippen LogP contribution is -2.43. The highest BCUT2D eigenvalue weighted by molar-refractivity contribution is 6.06. The largest absolute Gasteiger partial charge is 0.497 e. The normalized spacial score (nSPS) is 16.0. The van der Waals surface area contributed by atoms with Crippen LogP contribution in [0.5, 0.6) is 5.75 Å². The number of hydrogen-bond donors (Lipinski definition) is 2. The first kappa shape index (κ1) is 18.5. The lowest BCUT2D eigenvalue weighted by molar-refractivity contribution is 0.0162. The van der Waals surface area contributed by atoms with E-state index in [1.54, 1.807) is 13.3 Å². The highest BCUT2D eigenvalue weighted by Crippen LogP contribution is 2.24. The van der Waals surface area contributed by atoms with Gasteiger partial charge < -0.3 is 19.8 Å². The van der Waals surface area contributed by atoms with E-state index in [2.05, 4.69) is 27.3 Å². The van der Waals surface area contributed by atoms with Gasteiger partial charge in [-0.05, 0) is 23.8 Å². The second-order valence-corrected chi connectivity index (χ2v) is 6.90. The average Bonchev–Trinajstić information content (AvgIpc) is 3.19. The van der Waals surface area contributed by atoms with E-state index in [0.717, 1.165) is 35.3 Å². The highest BCUT2D eigenvalue weighted by atomic mass is 16.5. The van der Waals surface area contributed by atoms with E-state index in [9.17, 15) is 4.79 Å². The number of para-hydroxylation sites is 1. The predicted molar refractivity (Wildman–Crippen MR) is 109 cm³/mol. The first-order valence-electron chi connectivity index (χ1n) is 9.56. The number of benzene rings is 2. The van der Waals surface area contributed by atoms with Gasteiger partial charge in [-0.15, -0.1) is 0 Å². The van der Waals surface area contributed by atoms with Gasteiger partial charge in [-0.3, -0.25) is 9.69 Å². The molecule has 4 rings (SSSR count). The number of hydrogen-bond acceptors (Lipinski definition) is 4. The summed E-state index contributed by atoms with van der Waals surface area (Å²) < 4.78 is 10.8. The van der Waals surface area contributed by atoms with Crippen molar-refractivity contribution in [3.63, 3.8) is 0 Å². The Bertz CT molecular complexity index is 930. The molecule has 6 heteroatoms. The maximum atomic E-state index is 12.8. The summed E-state index contributed by atoms with van der Waals surface area (Å²) in [5.41, 5.74) is 2.79. The molecule has 28 heavy (non-hydrogen) atoms. The van der Waals surface area contributed by atoms with Gasteiger partial charge in [0.15, 0.2) is 0 Å². The van der Waals surface area contributed by atoms with Gasteiger partial charge in [0.05, 0.1) is 31.9 Å². The molecule has 0 aliphatic carbocycles. The summed E-state index contributed by atoms with van der Waals surface area (Å²) in [6.07, 6.45) is 1.77. The minimum Gasteiger partial charge on any atom is -0.497 e. The van der Waals surface area contributed by atoms with Crippen molar-refractivity contribution in [3.8, 4) is 5.75 Å². The van der Waals surface area contributed by atoms with Crippen molar-refractivity contribution < 1.29 is 14.3 Å². The van der Waals surface area contributed by atoms with Crippen LogP contribution in [-0.2, 0) is 4.74 Å². The monoisotopic (exact) mass is 379 g/mol. The number of carbonyl (C=O) groups excluding carboxylic acids is 1. The van der Waals surface area contributed by atoms with Crippen molar-refractivity contribution in [2.45, 2.75) is 6.04 Å². The first-order valence-corrected chi connectivity index (χ1v) is 9.56. The van der Waals surface area contributed by atoms with E-state index in [1.165, 1.54) is 0 Å². The van der Waals surface area contributed by atoms with Crippen LogP contribution in [0.1, 0.15) is 22.0 Å². The van der Waals surface area contributed by atoms with Crippen LogP contribution in [0, 0.1) is 0 Å². The van der Waals surface area contributed by atoms with Gasteiger partial charge >= 0.3 is 0 Å². The van der Waals surface area contributed by atoms with Crippen LogP contribution >= 0.6 is 0 Å². The van der Waals surface area contributed by atoms with Gasteiger partial charge in [-0.1, -0.05) is 30.3 Å². The molecule has 0 bridgehead atoms. The fourth-order valence-corrected chi connectivity index (χ4v) is 3.72. The van der Waals surface area contributed by atoms with Crippen LogP contribution in [-0.4, -0.2) is 55.7 Å². The van der Waals surface area contributed by atoms with Gasteiger partial charge in [0.2, 0.25) is 0 Å². The molecule has 6 nitrogen and oxygen atoms in total. The first-order chi connectivity index (χ1) is 13.8. The minimum absolute atomic E-state index is 0.0655. The zero-order chi connectivity index (χ0) is 19.3. The summed E-state index contributed by atoms with van der Waals surface area (Å²) in [5, 5.41) is 4.07. The second kappa shape index (κ2) is 8.46. The second-order valence-electron chi connectivity index (χ2n) is 6.90. The van der Waals surface area contributed by atoms with E-state index in [-0.39, 0.29) is 11.9 Å². The lowest BCUT2D eigenvalue weighted by atomic mass is 10.0. The van der Waals surface area contributed by atoms with Crippen molar-refractivity contribution >= 4 is 16.8 Å². The number of methoxy groups -OCH3 is 1. The molecule has 1 aliphatic rings. The Hall–Kier alpha value is -2.83. The average molecular weight is 379 g/mol. The SMILES string of the molecule is COc1ccc([C@H](CNC(=O)c2c[nH]c3ccccc23)N2CCOCC2)cc1. The molecule has 0 spiro atoms. The Kier molecular flexibility index (Phi) is 5.60. The molecule has 1 atom stereocenters. The third-order valence-electron chi connectivity index (χ3n) is 5.28. The number of morpholine rings is 1. The molecular formula is C22H25N3O3. The molecule has 1 fully saturated rings. The summed E-state index contributed by atoms with van der Waals surface area (Å²) in [4.78, 5) is 18.4. The van der Waals surface area contributed by atoms with Crippen LogP contribution in [0.2, 0.25) is 0 Å². The fourth-order valence-electron chi connectivity index (χ4n) is 3.72. The Balaban J connectivity index is 1.52. The Morgan fingerprint density at radius 1 is 1.18 bits per heavy atom. The van der Waals surface area contributed by atoms with Crippen molar-refractivity contribution in [2.75, 3.05) is 40.0 Å². The zero-order valence-corrected chi connectivity index (χ0v) is 16.0. The quantitative estimate of drug-likeness (QED) is 0.691. The summed E-state index contributed by atoms with van der Waals surface area (Å²) in [5.74, 6) is 0.761. The number of aromatic nitrogens is 1. The number of ether oxygens (including phenoxy) is 2. The molecule has 0 radical (unpaired) electrons. The Morgan fingerprint density at radius 3 is 2.68 bits per heavy atom. The van der Waals surface area contributed by atoms with Crippen molar-refractivity contribution in [1.82, 2.24) is 15.2 Å². The molecule has 2 aromatic carbocycles. The predicted octanol–water partition coefficient (Wildman–Crippen LogP) is 2.98. The maximum Gasteiger partial charge on any atom is 0.253 e. The number of H-pyrrole nitrogens is 1. The van der Waals surface area contributed by atoms with Gasteiger partial charge in [-0.2, -0.15) is 0 Å². The van der Waals surface area contributed by atoms with Crippen LogP contribution < -0.4 is 10.1 Å². The van der Waals surface area contributed by atoms with Crippen molar-refractivity contribution in [3.05, 3.63) is 65.9 Å². The molecule has 0 unspecified atom stereocenters. The molecule has 0 saturated carbocycles. The Labute approximate surface area is 164 Å². The molecular weight excluding hydrogens is 354 g/mol. The van der Waals surface area contributed by atoms with Crippen LogP contribution in [0.3, 0.4) is 0 Å². The fraction of sp³-hybridized carbons (Fsp3) is 0.318. The van der Waals surface area contributed by atoms with Crippen LogP contribution in [0.4, 0.5) is 0 Å². The van der Waals surface area contributed by atoms with Gasteiger partial charge in [0.1, 0.15) is 5.75 Å². The van der Waals surface area contributed by atoms with E-state index in [4.69, 9.17) is 9.47 Å². The molecule has 1 saturated heterocycles. The number of nitrogens with zero attached hydrogens (tertiary/aromatic N) is 1. The molecule has 2 heterocycles. The van der Waals surface area contributed by atoms with E-state index in [0.29, 0.717) is 25.3 Å². The van der Waals surface area contributed by atoms with Crippen LogP contribution in [0.25, 0.3) is 10.9 Å². The van der Waals surface area contributed by atoms with Gasteiger partial charge in [-0.25, -0.2) is 0 Å². The number of carbonyl (C=O) groups is 1. The summed E-state index contributed by atoms with van der Waals surface area (Å²) >= 11 is 0. The topological polar surface area (TPSA) is 66.6 Å². The summed E-state index contributed by atoms with van der Waals surface area (Å²) in [7, 11) is 1.66. The molecule has 1 amide bonds.